The van der Waals surface area contributed by atoms with Gasteiger partial charge in [0, 0.05) is 11.0 Å². The van der Waals surface area contributed by atoms with Crippen LogP contribution in [0.5, 0.6) is 0 Å². The second-order valence-corrected chi connectivity index (χ2v) is 4.36. The van der Waals surface area contributed by atoms with E-state index in [-0.39, 0.29) is 5.97 Å². The summed E-state index contributed by atoms with van der Waals surface area (Å²) in [5.74, 6) is -0.274. The lowest BCUT2D eigenvalue weighted by Crippen LogP contribution is -2.20. The predicted molar refractivity (Wildman–Crippen MR) is 63.0 cm³/mol. The topological polar surface area (TPSA) is 29.5 Å². The van der Waals surface area contributed by atoms with Crippen molar-refractivity contribution >= 4 is 21.9 Å². The molecule has 0 aliphatic carbocycles. The molecule has 0 atom stereocenters. The first-order valence-corrected chi connectivity index (χ1v) is 5.46. The van der Waals surface area contributed by atoms with Crippen molar-refractivity contribution in [3.63, 3.8) is 0 Å². The van der Waals surface area contributed by atoms with Crippen LogP contribution >= 0.6 is 15.9 Å². The largest absolute Gasteiger partial charge is 0.461 e. The van der Waals surface area contributed by atoms with E-state index in [9.17, 15) is 4.79 Å². The van der Waals surface area contributed by atoms with Crippen LogP contribution in [0.3, 0.4) is 0 Å². The molecular weight excluding hydrogens is 258 g/mol. The van der Waals surface area contributed by atoms with Gasteiger partial charge in [0.05, 0.1) is 5.56 Å². The molecular formula is C11H14BrNO2. The molecule has 0 aliphatic heterocycles. The number of benzene rings is 1. The van der Waals surface area contributed by atoms with E-state index in [0.29, 0.717) is 12.2 Å². The Bertz CT molecular complexity index is 322. The zero-order valence-electron chi connectivity index (χ0n) is 8.87. The van der Waals surface area contributed by atoms with E-state index in [4.69, 9.17) is 4.74 Å². The molecule has 1 aromatic carbocycles. The Kier molecular flexibility index (Phi) is 4.78. The Morgan fingerprint density at radius 2 is 1.93 bits per heavy atom. The quantitative estimate of drug-likeness (QED) is 0.787. The van der Waals surface area contributed by atoms with Crippen molar-refractivity contribution in [2.24, 2.45) is 0 Å². The van der Waals surface area contributed by atoms with Gasteiger partial charge in [-0.15, -0.1) is 0 Å². The van der Waals surface area contributed by atoms with Gasteiger partial charge in [-0.3, -0.25) is 0 Å². The minimum absolute atomic E-state index is 0.274. The second-order valence-electron chi connectivity index (χ2n) is 3.45. The first kappa shape index (κ1) is 12.2. The highest BCUT2D eigenvalue weighted by Gasteiger charge is 2.05. The second kappa shape index (κ2) is 5.88. The fraction of sp³-hybridized carbons (Fsp3) is 0.364. The molecule has 0 spiro atoms. The molecule has 0 aliphatic rings. The summed E-state index contributed by atoms with van der Waals surface area (Å²) in [6.07, 6.45) is 0. The maximum atomic E-state index is 11.5. The van der Waals surface area contributed by atoms with Crippen molar-refractivity contribution in [2.45, 2.75) is 0 Å². The highest BCUT2D eigenvalue weighted by atomic mass is 79.9. The van der Waals surface area contributed by atoms with Crippen molar-refractivity contribution < 1.29 is 9.53 Å². The van der Waals surface area contributed by atoms with E-state index < -0.39 is 0 Å². The van der Waals surface area contributed by atoms with E-state index in [1.807, 2.05) is 31.1 Å². The van der Waals surface area contributed by atoms with Gasteiger partial charge in [-0.1, -0.05) is 15.9 Å². The third-order valence-corrected chi connectivity index (χ3v) is 2.38. The van der Waals surface area contributed by atoms with Crippen molar-refractivity contribution in [3.05, 3.63) is 34.3 Å². The summed E-state index contributed by atoms with van der Waals surface area (Å²) >= 11 is 3.31. The smallest absolute Gasteiger partial charge is 0.338 e. The molecule has 0 radical (unpaired) electrons. The molecule has 0 fully saturated rings. The van der Waals surface area contributed by atoms with Crippen molar-refractivity contribution in [2.75, 3.05) is 27.2 Å². The van der Waals surface area contributed by atoms with Gasteiger partial charge < -0.3 is 9.64 Å². The van der Waals surface area contributed by atoms with Gasteiger partial charge in [-0.25, -0.2) is 4.79 Å². The number of ether oxygens (including phenoxy) is 1. The van der Waals surface area contributed by atoms with Gasteiger partial charge >= 0.3 is 5.97 Å². The summed E-state index contributed by atoms with van der Waals surface area (Å²) in [6.45, 7) is 1.16. The van der Waals surface area contributed by atoms with Crippen molar-refractivity contribution in [3.8, 4) is 0 Å². The summed E-state index contributed by atoms with van der Waals surface area (Å²) in [4.78, 5) is 13.4. The number of halogens is 1. The fourth-order valence-corrected chi connectivity index (χ4v) is 1.25. The maximum Gasteiger partial charge on any atom is 0.338 e. The maximum absolute atomic E-state index is 11.5. The van der Waals surface area contributed by atoms with Gasteiger partial charge in [-0.2, -0.15) is 0 Å². The third-order valence-electron chi connectivity index (χ3n) is 1.85. The standard InChI is InChI=1S/C11H14BrNO2/c1-13(2)7-8-15-11(14)9-3-5-10(12)6-4-9/h3-6H,7-8H2,1-2H3. The molecule has 82 valence electrons. The molecule has 4 heteroatoms. The molecule has 0 saturated heterocycles. The fourth-order valence-electron chi connectivity index (χ4n) is 0.990. The summed E-state index contributed by atoms with van der Waals surface area (Å²) in [5.41, 5.74) is 0.581. The Morgan fingerprint density at radius 1 is 1.33 bits per heavy atom. The monoisotopic (exact) mass is 271 g/mol. The molecule has 1 aromatic rings. The first-order valence-electron chi connectivity index (χ1n) is 4.67. The zero-order valence-corrected chi connectivity index (χ0v) is 10.5. The normalized spacial score (nSPS) is 10.4. The number of carbonyl (C=O) groups is 1. The Labute approximate surface area is 98.2 Å². The van der Waals surface area contributed by atoms with E-state index in [1.165, 1.54) is 0 Å². The minimum atomic E-state index is -0.274. The average molecular weight is 272 g/mol. The third kappa shape index (κ3) is 4.44. The number of carbonyl (C=O) groups excluding carboxylic acids is 1. The molecule has 0 aromatic heterocycles. The molecule has 0 unspecified atom stereocenters. The summed E-state index contributed by atoms with van der Waals surface area (Å²) in [7, 11) is 3.88. The lowest BCUT2D eigenvalue weighted by atomic mass is 10.2. The molecule has 3 nitrogen and oxygen atoms in total. The first-order chi connectivity index (χ1) is 7.09. The van der Waals surface area contributed by atoms with E-state index in [0.717, 1.165) is 11.0 Å². The zero-order chi connectivity index (χ0) is 11.3. The average Bonchev–Trinajstić information content (AvgIpc) is 2.18. The number of esters is 1. The van der Waals surface area contributed by atoms with Gasteiger partial charge in [0.2, 0.25) is 0 Å². The molecule has 0 bridgehead atoms. The van der Waals surface area contributed by atoms with Crippen LogP contribution in [0.2, 0.25) is 0 Å². The van der Waals surface area contributed by atoms with Crippen LogP contribution in [0.25, 0.3) is 0 Å². The van der Waals surface area contributed by atoms with Crippen LogP contribution in [-0.2, 0) is 4.74 Å². The Hall–Kier alpha value is -0.870. The summed E-state index contributed by atoms with van der Waals surface area (Å²) < 4.78 is 6.03. The van der Waals surface area contributed by atoms with Crippen LogP contribution < -0.4 is 0 Å². The number of nitrogens with zero attached hydrogens (tertiary/aromatic N) is 1. The summed E-state index contributed by atoms with van der Waals surface area (Å²) in [6, 6.07) is 7.12. The van der Waals surface area contributed by atoms with Crippen LogP contribution in [-0.4, -0.2) is 38.1 Å². The van der Waals surface area contributed by atoms with Crippen molar-refractivity contribution in [1.82, 2.24) is 4.90 Å². The number of hydrogen-bond acceptors (Lipinski definition) is 3. The molecule has 0 N–H and O–H groups in total. The van der Waals surface area contributed by atoms with Gasteiger partial charge in [-0.05, 0) is 38.4 Å². The molecule has 0 amide bonds. The molecule has 0 saturated carbocycles. The number of likely N-dealkylation sites (N-methyl/N-ethyl adjacent to an activating group) is 1. The van der Waals surface area contributed by atoms with Gasteiger partial charge in [0.25, 0.3) is 0 Å². The van der Waals surface area contributed by atoms with Gasteiger partial charge in [0.1, 0.15) is 6.61 Å². The Morgan fingerprint density at radius 3 is 2.47 bits per heavy atom. The number of hydrogen-bond donors (Lipinski definition) is 0. The highest BCUT2D eigenvalue weighted by Crippen LogP contribution is 2.11. The van der Waals surface area contributed by atoms with Crippen molar-refractivity contribution in [1.29, 1.82) is 0 Å². The van der Waals surface area contributed by atoms with E-state index in [2.05, 4.69) is 15.9 Å². The van der Waals surface area contributed by atoms with Crippen LogP contribution in [0.4, 0.5) is 0 Å². The van der Waals surface area contributed by atoms with Crippen LogP contribution in [0.1, 0.15) is 10.4 Å². The lowest BCUT2D eigenvalue weighted by molar-refractivity contribution is 0.0482. The Balaban J connectivity index is 2.43. The minimum Gasteiger partial charge on any atom is -0.461 e. The summed E-state index contributed by atoms with van der Waals surface area (Å²) in [5, 5.41) is 0. The van der Waals surface area contributed by atoms with Crippen LogP contribution in [0.15, 0.2) is 28.7 Å². The number of rotatable bonds is 4. The molecule has 0 heterocycles. The van der Waals surface area contributed by atoms with Crippen LogP contribution in [0, 0.1) is 0 Å². The van der Waals surface area contributed by atoms with E-state index >= 15 is 0 Å². The highest BCUT2D eigenvalue weighted by molar-refractivity contribution is 9.10. The van der Waals surface area contributed by atoms with Gasteiger partial charge in [0.15, 0.2) is 0 Å². The van der Waals surface area contributed by atoms with E-state index in [1.54, 1.807) is 12.1 Å². The lowest BCUT2D eigenvalue weighted by Gasteiger charge is -2.09. The molecule has 1 rings (SSSR count). The molecule has 15 heavy (non-hydrogen) atoms. The predicted octanol–water partition coefficient (Wildman–Crippen LogP) is 2.17. The SMILES string of the molecule is CN(C)CCOC(=O)c1ccc(Br)cc1.